The molecule has 0 atom stereocenters. The summed E-state index contributed by atoms with van der Waals surface area (Å²) in [5.41, 5.74) is 1.28. The van der Waals surface area contributed by atoms with E-state index in [9.17, 15) is 0 Å². The fourth-order valence-corrected chi connectivity index (χ4v) is 2.35. The zero-order valence-corrected chi connectivity index (χ0v) is 14.2. The van der Waals surface area contributed by atoms with Gasteiger partial charge in [0.25, 0.3) is 0 Å². The minimum Gasteiger partial charge on any atom is -0.493 e. The Morgan fingerprint density at radius 2 is 1.79 bits per heavy atom. The lowest BCUT2D eigenvalue weighted by Gasteiger charge is -2.13. The molecule has 6 heteroatoms. The van der Waals surface area contributed by atoms with Crippen LogP contribution in [-0.2, 0) is 6.61 Å². The summed E-state index contributed by atoms with van der Waals surface area (Å²) in [5.74, 6) is 0.878. The zero-order chi connectivity index (χ0) is 17.5. The molecular weight excluding hydrogens is 347 g/mol. The van der Waals surface area contributed by atoms with Crippen LogP contribution in [0.25, 0.3) is 6.08 Å². The molecule has 0 aliphatic rings. The van der Waals surface area contributed by atoms with Gasteiger partial charge >= 0.3 is 0 Å². The highest BCUT2D eigenvalue weighted by Crippen LogP contribution is 2.35. The Labute approximate surface area is 150 Å². The number of nitriles is 2. The molecular formula is C18H12Cl2N2O2. The molecule has 24 heavy (non-hydrogen) atoms. The average molecular weight is 359 g/mol. The Balaban J connectivity index is 2.31. The Morgan fingerprint density at radius 1 is 1.08 bits per heavy atom. The number of hydrogen-bond donors (Lipinski definition) is 0. The molecule has 0 radical (unpaired) electrons. The topological polar surface area (TPSA) is 66.0 Å². The number of hydrogen-bond acceptors (Lipinski definition) is 4. The molecule has 0 N–H and O–H groups in total. The summed E-state index contributed by atoms with van der Waals surface area (Å²) < 4.78 is 11.0. The maximum absolute atomic E-state index is 8.84. The van der Waals surface area contributed by atoms with Crippen molar-refractivity contribution >= 4 is 29.3 Å². The van der Waals surface area contributed by atoms with Gasteiger partial charge in [-0.2, -0.15) is 10.5 Å². The van der Waals surface area contributed by atoms with Crippen LogP contribution in [0.2, 0.25) is 10.0 Å². The summed E-state index contributed by atoms with van der Waals surface area (Å²) in [6, 6.07) is 14.1. The predicted molar refractivity (Wildman–Crippen MR) is 93.0 cm³/mol. The van der Waals surface area contributed by atoms with E-state index in [1.54, 1.807) is 30.3 Å². The molecule has 0 unspecified atom stereocenters. The zero-order valence-electron chi connectivity index (χ0n) is 12.7. The maximum atomic E-state index is 8.84. The summed E-state index contributed by atoms with van der Waals surface area (Å²) in [5, 5.41) is 18.6. The van der Waals surface area contributed by atoms with Crippen molar-refractivity contribution in [2.24, 2.45) is 0 Å². The van der Waals surface area contributed by atoms with Crippen LogP contribution >= 0.6 is 23.2 Å². The van der Waals surface area contributed by atoms with Crippen molar-refractivity contribution in [3.8, 4) is 23.6 Å². The second-order valence-electron chi connectivity index (χ2n) is 4.69. The molecule has 2 aromatic carbocycles. The van der Waals surface area contributed by atoms with E-state index in [1.807, 2.05) is 18.2 Å². The van der Waals surface area contributed by atoms with Gasteiger partial charge < -0.3 is 9.47 Å². The molecule has 120 valence electrons. The summed E-state index contributed by atoms with van der Waals surface area (Å²) >= 11 is 12.3. The average Bonchev–Trinajstić information content (AvgIpc) is 2.60. The lowest BCUT2D eigenvalue weighted by Crippen LogP contribution is -1.99. The van der Waals surface area contributed by atoms with Gasteiger partial charge in [0, 0.05) is 16.7 Å². The van der Waals surface area contributed by atoms with Gasteiger partial charge in [-0.15, -0.1) is 0 Å². The fourth-order valence-electron chi connectivity index (χ4n) is 1.95. The van der Waals surface area contributed by atoms with Crippen LogP contribution in [0.1, 0.15) is 11.1 Å². The standard InChI is InChI=1S/C18H12Cl2N2O2/c1-23-17-7-14(6-12(9-21)10-22)16(20)8-18(17)24-11-13-4-2-3-5-15(13)19/h2-8H,11H2,1H3. The molecule has 0 saturated carbocycles. The van der Waals surface area contributed by atoms with Gasteiger partial charge in [-0.1, -0.05) is 41.4 Å². The predicted octanol–water partition coefficient (Wildman–Crippen LogP) is 5.01. The van der Waals surface area contributed by atoms with Crippen LogP contribution in [0.15, 0.2) is 42.0 Å². The number of allylic oxidation sites excluding steroid dienone is 1. The first-order valence-electron chi connectivity index (χ1n) is 6.84. The minimum absolute atomic E-state index is 0.0521. The quantitative estimate of drug-likeness (QED) is 0.704. The first-order chi connectivity index (χ1) is 11.6. The lowest BCUT2D eigenvalue weighted by molar-refractivity contribution is 0.284. The number of benzene rings is 2. The maximum Gasteiger partial charge on any atom is 0.163 e. The lowest BCUT2D eigenvalue weighted by atomic mass is 10.1. The van der Waals surface area contributed by atoms with E-state index < -0.39 is 0 Å². The molecule has 0 saturated heterocycles. The van der Waals surface area contributed by atoms with E-state index in [-0.39, 0.29) is 12.2 Å². The first kappa shape index (κ1) is 17.7. The van der Waals surface area contributed by atoms with Gasteiger partial charge in [-0.3, -0.25) is 0 Å². The third kappa shape index (κ3) is 4.20. The molecule has 0 fully saturated rings. The van der Waals surface area contributed by atoms with E-state index in [2.05, 4.69) is 0 Å². The molecule has 0 amide bonds. The van der Waals surface area contributed by atoms with Crippen LogP contribution in [0.3, 0.4) is 0 Å². The van der Waals surface area contributed by atoms with Crippen molar-refractivity contribution in [3.05, 3.63) is 63.1 Å². The highest BCUT2D eigenvalue weighted by molar-refractivity contribution is 6.32. The van der Waals surface area contributed by atoms with E-state index in [0.29, 0.717) is 27.1 Å². The van der Waals surface area contributed by atoms with Crippen molar-refractivity contribution in [2.45, 2.75) is 6.61 Å². The first-order valence-corrected chi connectivity index (χ1v) is 7.60. The van der Waals surface area contributed by atoms with Gasteiger partial charge in [0.05, 0.1) is 12.1 Å². The number of nitrogens with zero attached hydrogens (tertiary/aromatic N) is 2. The Kier molecular flexibility index (Phi) is 6.09. The van der Waals surface area contributed by atoms with Crippen LogP contribution in [-0.4, -0.2) is 7.11 Å². The highest BCUT2D eigenvalue weighted by atomic mass is 35.5. The molecule has 2 aromatic rings. The fraction of sp³-hybridized carbons (Fsp3) is 0.111. The molecule has 0 heterocycles. The second-order valence-corrected chi connectivity index (χ2v) is 5.50. The van der Waals surface area contributed by atoms with E-state index in [0.717, 1.165) is 5.56 Å². The van der Waals surface area contributed by atoms with Crippen LogP contribution in [0, 0.1) is 22.7 Å². The van der Waals surface area contributed by atoms with E-state index in [1.165, 1.54) is 13.2 Å². The molecule has 0 aromatic heterocycles. The Morgan fingerprint density at radius 3 is 2.42 bits per heavy atom. The normalized spacial score (nSPS) is 9.54. The van der Waals surface area contributed by atoms with Gasteiger partial charge in [-0.05, 0) is 23.8 Å². The van der Waals surface area contributed by atoms with Crippen molar-refractivity contribution in [2.75, 3.05) is 7.11 Å². The molecule has 4 nitrogen and oxygen atoms in total. The van der Waals surface area contributed by atoms with Gasteiger partial charge in [0.1, 0.15) is 24.3 Å². The minimum atomic E-state index is -0.0521. The van der Waals surface area contributed by atoms with Crippen molar-refractivity contribution in [1.29, 1.82) is 10.5 Å². The molecule has 0 bridgehead atoms. The van der Waals surface area contributed by atoms with Crippen LogP contribution < -0.4 is 9.47 Å². The molecule has 0 aliphatic carbocycles. The molecule has 0 spiro atoms. The van der Waals surface area contributed by atoms with E-state index >= 15 is 0 Å². The third-order valence-corrected chi connectivity index (χ3v) is 3.86. The molecule has 0 aliphatic heterocycles. The van der Waals surface area contributed by atoms with Crippen molar-refractivity contribution in [3.63, 3.8) is 0 Å². The van der Waals surface area contributed by atoms with Crippen LogP contribution in [0.4, 0.5) is 0 Å². The SMILES string of the molecule is COc1cc(C=C(C#N)C#N)c(Cl)cc1OCc1ccccc1Cl. The summed E-state index contributed by atoms with van der Waals surface area (Å²) in [7, 11) is 1.49. The Hall–Kier alpha value is -2.66. The smallest absolute Gasteiger partial charge is 0.163 e. The second kappa shape index (κ2) is 8.26. The highest BCUT2D eigenvalue weighted by Gasteiger charge is 2.11. The number of methoxy groups -OCH3 is 1. The van der Waals surface area contributed by atoms with E-state index in [4.69, 9.17) is 43.2 Å². The number of rotatable bonds is 5. The monoisotopic (exact) mass is 358 g/mol. The number of ether oxygens (including phenoxy) is 2. The third-order valence-electron chi connectivity index (χ3n) is 3.16. The number of halogens is 2. The summed E-state index contributed by atoms with van der Waals surface area (Å²) in [6.07, 6.45) is 1.39. The summed E-state index contributed by atoms with van der Waals surface area (Å²) in [4.78, 5) is 0. The van der Waals surface area contributed by atoms with Gasteiger partial charge in [0.2, 0.25) is 0 Å². The van der Waals surface area contributed by atoms with Gasteiger partial charge in [0.15, 0.2) is 11.5 Å². The van der Waals surface area contributed by atoms with Crippen molar-refractivity contribution in [1.82, 2.24) is 0 Å². The van der Waals surface area contributed by atoms with Gasteiger partial charge in [-0.25, -0.2) is 0 Å². The largest absolute Gasteiger partial charge is 0.493 e. The van der Waals surface area contributed by atoms with Crippen LogP contribution in [0.5, 0.6) is 11.5 Å². The molecule has 2 rings (SSSR count). The summed E-state index contributed by atoms with van der Waals surface area (Å²) in [6.45, 7) is 0.253. The van der Waals surface area contributed by atoms with Crippen molar-refractivity contribution < 1.29 is 9.47 Å². The Bertz CT molecular complexity index is 848.